The van der Waals surface area contributed by atoms with E-state index in [1.54, 1.807) is 19.1 Å². The molecule has 0 aliphatic rings. The molecule has 0 aliphatic carbocycles. The molecule has 0 unspecified atom stereocenters. The van der Waals surface area contributed by atoms with Crippen molar-refractivity contribution in [3.05, 3.63) is 58.6 Å². The fourth-order valence-corrected chi connectivity index (χ4v) is 2.24. The predicted octanol–water partition coefficient (Wildman–Crippen LogP) is 3.84. The van der Waals surface area contributed by atoms with Crippen LogP contribution in [0.3, 0.4) is 0 Å². The number of anilines is 1. The maximum atomic E-state index is 12.3. The van der Waals surface area contributed by atoms with E-state index in [1.165, 1.54) is 19.2 Å². The standard InChI is InChI=1S/C18H18ClNO4/c1-11-6-4-5-7-16(11)24-12(2)17(21)20-13-8-9-15(19)14(10-13)18(22)23-3/h4-10,12H,1-3H3,(H,20,21)/t12-/m1/s1. The molecule has 0 heterocycles. The number of nitrogens with one attached hydrogen (secondary N) is 1. The molecular formula is C18H18ClNO4. The van der Waals surface area contributed by atoms with Crippen molar-refractivity contribution < 1.29 is 19.1 Å². The lowest BCUT2D eigenvalue weighted by atomic mass is 10.2. The zero-order valence-electron chi connectivity index (χ0n) is 13.6. The molecule has 24 heavy (non-hydrogen) atoms. The first-order chi connectivity index (χ1) is 11.4. The lowest BCUT2D eigenvalue weighted by molar-refractivity contribution is -0.122. The normalized spacial score (nSPS) is 11.5. The molecule has 0 radical (unpaired) electrons. The molecule has 0 saturated heterocycles. The van der Waals surface area contributed by atoms with Gasteiger partial charge in [-0.1, -0.05) is 29.8 Å². The van der Waals surface area contributed by atoms with E-state index < -0.39 is 12.1 Å². The lowest BCUT2D eigenvalue weighted by Gasteiger charge is -2.16. The second-order valence-electron chi connectivity index (χ2n) is 5.20. The van der Waals surface area contributed by atoms with Gasteiger partial charge in [0.1, 0.15) is 5.75 Å². The van der Waals surface area contributed by atoms with Crippen LogP contribution in [0, 0.1) is 6.92 Å². The highest BCUT2D eigenvalue weighted by Crippen LogP contribution is 2.22. The van der Waals surface area contributed by atoms with Gasteiger partial charge in [-0.15, -0.1) is 0 Å². The van der Waals surface area contributed by atoms with Gasteiger partial charge in [-0.25, -0.2) is 4.79 Å². The summed E-state index contributed by atoms with van der Waals surface area (Å²) in [5.74, 6) is -0.261. The largest absolute Gasteiger partial charge is 0.481 e. The molecule has 2 rings (SSSR count). The number of aryl methyl sites for hydroxylation is 1. The van der Waals surface area contributed by atoms with E-state index in [4.69, 9.17) is 16.3 Å². The van der Waals surface area contributed by atoms with Crippen molar-refractivity contribution in [3.63, 3.8) is 0 Å². The first-order valence-corrected chi connectivity index (χ1v) is 7.71. The molecule has 1 atom stereocenters. The number of methoxy groups -OCH3 is 1. The third-order valence-corrected chi connectivity index (χ3v) is 3.74. The monoisotopic (exact) mass is 347 g/mol. The highest BCUT2D eigenvalue weighted by Gasteiger charge is 2.17. The van der Waals surface area contributed by atoms with E-state index in [0.29, 0.717) is 11.4 Å². The Hall–Kier alpha value is -2.53. The van der Waals surface area contributed by atoms with E-state index in [1.807, 2.05) is 25.1 Å². The molecule has 0 aliphatic heterocycles. The Bertz CT molecular complexity index is 760. The summed E-state index contributed by atoms with van der Waals surface area (Å²) >= 11 is 5.96. The Balaban J connectivity index is 2.09. The minimum absolute atomic E-state index is 0.185. The summed E-state index contributed by atoms with van der Waals surface area (Å²) < 4.78 is 10.3. The topological polar surface area (TPSA) is 64.6 Å². The smallest absolute Gasteiger partial charge is 0.339 e. The highest BCUT2D eigenvalue weighted by molar-refractivity contribution is 6.33. The molecular weight excluding hydrogens is 330 g/mol. The minimum Gasteiger partial charge on any atom is -0.481 e. The maximum absolute atomic E-state index is 12.3. The summed E-state index contributed by atoms with van der Waals surface area (Å²) in [6, 6.07) is 12.0. The first kappa shape index (κ1) is 17.8. The average Bonchev–Trinajstić information content (AvgIpc) is 2.57. The fourth-order valence-electron chi connectivity index (χ4n) is 2.05. The number of rotatable bonds is 5. The van der Waals surface area contributed by atoms with Gasteiger partial charge in [0.2, 0.25) is 0 Å². The Labute approximate surface area is 145 Å². The Morgan fingerprint density at radius 3 is 2.54 bits per heavy atom. The third-order valence-electron chi connectivity index (χ3n) is 3.41. The fraction of sp³-hybridized carbons (Fsp3) is 0.222. The second-order valence-corrected chi connectivity index (χ2v) is 5.61. The maximum Gasteiger partial charge on any atom is 0.339 e. The minimum atomic E-state index is -0.705. The molecule has 0 spiro atoms. The molecule has 0 saturated carbocycles. The number of halogens is 1. The predicted molar refractivity (Wildman–Crippen MR) is 92.7 cm³/mol. The Morgan fingerprint density at radius 2 is 1.88 bits per heavy atom. The number of para-hydroxylation sites is 1. The van der Waals surface area contributed by atoms with Gasteiger partial charge in [-0.05, 0) is 43.7 Å². The van der Waals surface area contributed by atoms with Crippen molar-refractivity contribution >= 4 is 29.2 Å². The van der Waals surface area contributed by atoms with Crippen LogP contribution in [0.25, 0.3) is 0 Å². The molecule has 5 nitrogen and oxygen atoms in total. The van der Waals surface area contributed by atoms with Crippen molar-refractivity contribution in [2.24, 2.45) is 0 Å². The van der Waals surface area contributed by atoms with Crippen molar-refractivity contribution in [1.29, 1.82) is 0 Å². The molecule has 2 aromatic carbocycles. The van der Waals surface area contributed by atoms with Crippen LogP contribution < -0.4 is 10.1 Å². The molecule has 1 amide bonds. The van der Waals surface area contributed by atoms with Crippen LogP contribution in [-0.4, -0.2) is 25.1 Å². The number of hydrogen-bond acceptors (Lipinski definition) is 4. The molecule has 2 aromatic rings. The van der Waals surface area contributed by atoms with Crippen molar-refractivity contribution in [1.82, 2.24) is 0 Å². The van der Waals surface area contributed by atoms with Crippen molar-refractivity contribution in [2.75, 3.05) is 12.4 Å². The first-order valence-electron chi connectivity index (χ1n) is 7.33. The van der Waals surface area contributed by atoms with E-state index in [2.05, 4.69) is 10.1 Å². The van der Waals surface area contributed by atoms with Crippen molar-refractivity contribution in [2.45, 2.75) is 20.0 Å². The molecule has 0 aromatic heterocycles. The van der Waals surface area contributed by atoms with Gasteiger partial charge in [0.15, 0.2) is 6.10 Å². The number of hydrogen-bond donors (Lipinski definition) is 1. The SMILES string of the molecule is COC(=O)c1cc(NC(=O)[C@@H](C)Oc2ccccc2C)ccc1Cl. The van der Waals surface area contributed by atoms with Gasteiger partial charge in [-0.2, -0.15) is 0 Å². The number of ether oxygens (including phenoxy) is 2. The van der Waals surface area contributed by atoms with Gasteiger partial charge < -0.3 is 14.8 Å². The number of carbonyl (C=O) groups is 2. The number of esters is 1. The van der Waals surface area contributed by atoms with Gasteiger partial charge in [0.05, 0.1) is 17.7 Å². The van der Waals surface area contributed by atoms with E-state index in [0.717, 1.165) is 5.56 Å². The van der Waals surface area contributed by atoms with E-state index in [9.17, 15) is 9.59 Å². The average molecular weight is 348 g/mol. The third kappa shape index (κ3) is 4.26. The number of amides is 1. The number of carbonyl (C=O) groups excluding carboxylic acids is 2. The zero-order chi connectivity index (χ0) is 17.7. The Morgan fingerprint density at radius 1 is 1.17 bits per heavy atom. The summed E-state index contributed by atoms with van der Waals surface area (Å²) in [6.45, 7) is 3.56. The molecule has 1 N–H and O–H groups in total. The van der Waals surface area contributed by atoms with Crippen LogP contribution in [0.5, 0.6) is 5.75 Å². The second kappa shape index (κ2) is 7.84. The van der Waals surface area contributed by atoms with Crippen LogP contribution in [0.15, 0.2) is 42.5 Å². The summed E-state index contributed by atoms with van der Waals surface area (Å²) in [5.41, 5.74) is 1.56. The molecule has 126 valence electrons. The molecule has 0 bridgehead atoms. The van der Waals surface area contributed by atoms with Crippen LogP contribution in [-0.2, 0) is 9.53 Å². The van der Waals surface area contributed by atoms with E-state index in [-0.39, 0.29) is 16.5 Å². The quantitative estimate of drug-likeness (QED) is 0.834. The zero-order valence-corrected chi connectivity index (χ0v) is 14.4. The van der Waals surface area contributed by atoms with Gasteiger partial charge in [0.25, 0.3) is 5.91 Å². The number of benzene rings is 2. The van der Waals surface area contributed by atoms with Gasteiger partial charge in [0, 0.05) is 5.69 Å². The summed E-state index contributed by atoms with van der Waals surface area (Å²) in [4.78, 5) is 23.9. The van der Waals surface area contributed by atoms with Crippen LogP contribution in [0.1, 0.15) is 22.8 Å². The highest BCUT2D eigenvalue weighted by atomic mass is 35.5. The summed E-state index contributed by atoms with van der Waals surface area (Å²) in [6.07, 6.45) is -0.705. The van der Waals surface area contributed by atoms with Crippen LogP contribution in [0.4, 0.5) is 5.69 Å². The molecule has 6 heteroatoms. The summed E-state index contributed by atoms with van der Waals surface area (Å²) in [7, 11) is 1.27. The van der Waals surface area contributed by atoms with Crippen LogP contribution >= 0.6 is 11.6 Å². The van der Waals surface area contributed by atoms with Crippen LogP contribution in [0.2, 0.25) is 5.02 Å². The molecule has 0 fully saturated rings. The van der Waals surface area contributed by atoms with Gasteiger partial charge in [-0.3, -0.25) is 4.79 Å². The summed E-state index contributed by atoms with van der Waals surface area (Å²) in [5, 5.41) is 2.95. The van der Waals surface area contributed by atoms with Crippen molar-refractivity contribution in [3.8, 4) is 5.75 Å². The Kier molecular flexibility index (Phi) is 5.82. The van der Waals surface area contributed by atoms with Gasteiger partial charge >= 0.3 is 5.97 Å². The van der Waals surface area contributed by atoms with E-state index >= 15 is 0 Å². The lowest BCUT2D eigenvalue weighted by Crippen LogP contribution is -2.30.